The van der Waals surface area contributed by atoms with Crippen molar-refractivity contribution >= 4 is 17.9 Å². The summed E-state index contributed by atoms with van der Waals surface area (Å²) in [7, 11) is 0. The van der Waals surface area contributed by atoms with E-state index < -0.39 is 6.10 Å². The zero-order valence-corrected chi connectivity index (χ0v) is 41.6. The van der Waals surface area contributed by atoms with Crippen molar-refractivity contribution < 1.29 is 28.6 Å². The van der Waals surface area contributed by atoms with Crippen LogP contribution in [-0.2, 0) is 28.6 Å². The van der Waals surface area contributed by atoms with Gasteiger partial charge in [-0.15, -0.1) is 0 Å². The van der Waals surface area contributed by atoms with Gasteiger partial charge in [0.05, 0.1) is 0 Å². The monoisotopic (exact) mass is 881 g/mol. The number of unbranched alkanes of at least 4 members (excludes halogenated alkanes) is 27. The lowest BCUT2D eigenvalue weighted by atomic mass is 10.0. The number of allylic oxidation sites excluding steroid dienone is 10. The highest BCUT2D eigenvalue weighted by Gasteiger charge is 2.19. The van der Waals surface area contributed by atoms with Crippen molar-refractivity contribution in [2.45, 2.75) is 271 Å². The fourth-order valence-corrected chi connectivity index (χ4v) is 7.49. The zero-order chi connectivity index (χ0) is 45.8. The molecule has 0 aromatic carbocycles. The number of esters is 3. The predicted molar refractivity (Wildman–Crippen MR) is 270 cm³/mol. The lowest BCUT2D eigenvalue weighted by molar-refractivity contribution is -0.167. The Labute approximate surface area is 390 Å². The van der Waals surface area contributed by atoms with E-state index in [1.807, 2.05) is 0 Å². The van der Waals surface area contributed by atoms with Gasteiger partial charge in [0.15, 0.2) is 6.10 Å². The molecule has 6 nitrogen and oxygen atoms in total. The molecule has 0 heterocycles. The molecule has 364 valence electrons. The van der Waals surface area contributed by atoms with E-state index in [1.54, 1.807) is 0 Å². The Bertz CT molecular complexity index is 1150. The molecule has 63 heavy (non-hydrogen) atoms. The first kappa shape index (κ1) is 60.1. The van der Waals surface area contributed by atoms with Crippen molar-refractivity contribution in [1.29, 1.82) is 0 Å². The van der Waals surface area contributed by atoms with Crippen molar-refractivity contribution in [1.82, 2.24) is 0 Å². The summed E-state index contributed by atoms with van der Waals surface area (Å²) >= 11 is 0. The van der Waals surface area contributed by atoms with Gasteiger partial charge in [-0.2, -0.15) is 0 Å². The van der Waals surface area contributed by atoms with E-state index in [9.17, 15) is 14.4 Å². The molecule has 0 saturated heterocycles. The Hall–Kier alpha value is -2.89. The normalized spacial score (nSPS) is 12.5. The molecule has 0 aliphatic heterocycles. The average Bonchev–Trinajstić information content (AvgIpc) is 3.28. The minimum absolute atomic E-state index is 0.0900. The molecular weight excluding hydrogens is 781 g/mol. The molecule has 0 aromatic heterocycles. The van der Waals surface area contributed by atoms with Gasteiger partial charge >= 0.3 is 17.9 Å². The summed E-state index contributed by atoms with van der Waals surface area (Å²) in [6.45, 7) is 6.49. The quantitative estimate of drug-likeness (QED) is 0.0262. The van der Waals surface area contributed by atoms with E-state index in [0.29, 0.717) is 19.3 Å². The van der Waals surface area contributed by atoms with E-state index in [0.717, 1.165) is 77.0 Å². The van der Waals surface area contributed by atoms with Crippen molar-refractivity contribution in [2.75, 3.05) is 13.2 Å². The minimum Gasteiger partial charge on any atom is -0.462 e. The lowest BCUT2D eigenvalue weighted by Gasteiger charge is -2.18. The third-order valence-corrected chi connectivity index (χ3v) is 11.5. The zero-order valence-electron chi connectivity index (χ0n) is 41.6. The van der Waals surface area contributed by atoms with Gasteiger partial charge < -0.3 is 14.2 Å². The summed E-state index contributed by atoms with van der Waals surface area (Å²) in [4.78, 5) is 38.0. The Balaban J connectivity index is 4.43. The maximum absolute atomic E-state index is 12.8. The maximum atomic E-state index is 12.8. The van der Waals surface area contributed by atoms with E-state index in [4.69, 9.17) is 14.2 Å². The highest BCUT2D eigenvalue weighted by Crippen LogP contribution is 2.15. The first-order valence-corrected chi connectivity index (χ1v) is 26.8. The highest BCUT2D eigenvalue weighted by molar-refractivity contribution is 5.71. The molecule has 0 unspecified atom stereocenters. The van der Waals surface area contributed by atoms with E-state index >= 15 is 0 Å². The lowest BCUT2D eigenvalue weighted by Crippen LogP contribution is -2.30. The van der Waals surface area contributed by atoms with Crippen LogP contribution in [0.2, 0.25) is 0 Å². The number of carbonyl (C=O) groups excluding carboxylic acids is 3. The van der Waals surface area contributed by atoms with Gasteiger partial charge in [0.2, 0.25) is 0 Å². The van der Waals surface area contributed by atoms with Gasteiger partial charge in [0, 0.05) is 19.3 Å². The Morgan fingerprint density at radius 1 is 0.333 bits per heavy atom. The molecule has 6 heteroatoms. The summed E-state index contributed by atoms with van der Waals surface area (Å²) in [5, 5.41) is 0. The molecule has 1 atom stereocenters. The number of hydrogen-bond donors (Lipinski definition) is 0. The van der Waals surface area contributed by atoms with Crippen LogP contribution in [0.3, 0.4) is 0 Å². The molecular formula is C57H100O6. The Morgan fingerprint density at radius 2 is 0.619 bits per heavy atom. The molecule has 0 fully saturated rings. The van der Waals surface area contributed by atoms with Crippen LogP contribution in [0.4, 0.5) is 0 Å². The molecule has 0 N–H and O–H groups in total. The van der Waals surface area contributed by atoms with Crippen LogP contribution in [0.1, 0.15) is 265 Å². The van der Waals surface area contributed by atoms with Crippen molar-refractivity contribution in [3.8, 4) is 0 Å². The predicted octanol–water partition coefficient (Wildman–Crippen LogP) is 17.6. The molecule has 0 aliphatic carbocycles. The third kappa shape index (κ3) is 50.0. The number of rotatable bonds is 48. The summed E-state index contributed by atoms with van der Waals surface area (Å²) in [6, 6.07) is 0. The molecule has 0 spiro atoms. The van der Waals surface area contributed by atoms with Gasteiger partial charge in [0.25, 0.3) is 0 Å². The summed E-state index contributed by atoms with van der Waals surface area (Å²) in [5.74, 6) is -0.929. The first-order valence-electron chi connectivity index (χ1n) is 26.8. The number of carbonyl (C=O) groups is 3. The smallest absolute Gasteiger partial charge is 0.306 e. The van der Waals surface area contributed by atoms with E-state index in [2.05, 4.69) is 81.5 Å². The van der Waals surface area contributed by atoms with Gasteiger partial charge in [-0.05, 0) is 83.5 Å². The standard InChI is InChI=1S/C57H100O6/c1-4-7-10-13-16-19-22-25-28-31-34-37-40-43-46-49-55(58)61-52-54(63-57(60)51-48-45-42-39-36-33-30-27-24-21-18-15-12-9-6-3)53-62-56(59)50-47-44-41-38-35-32-29-26-23-20-17-14-11-8-5-2/h9,12,18-19,21-22,27,30,36,39,54H,4-8,10-11,13-17,20,23-26,28-29,31-35,37-38,40-53H2,1-3H3/b12-9-,21-18-,22-19-,30-27-,39-36-/t54-/m1/s1. The third-order valence-electron chi connectivity index (χ3n) is 11.5. The molecule has 0 bridgehead atoms. The molecule has 0 amide bonds. The second-order valence-electron chi connectivity index (χ2n) is 17.8. The number of hydrogen-bond acceptors (Lipinski definition) is 6. The van der Waals surface area contributed by atoms with Gasteiger partial charge in [0.1, 0.15) is 13.2 Å². The van der Waals surface area contributed by atoms with Crippen LogP contribution in [0.15, 0.2) is 60.8 Å². The summed E-state index contributed by atoms with van der Waals surface area (Å²) < 4.78 is 16.8. The van der Waals surface area contributed by atoms with E-state index in [-0.39, 0.29) is 37.5 Å². The highest BCUT2D eigenvalue weighted by atomic mass is 16.6. The maximum Gasteiger partial charge on any atom is 0.306 e. The second-order valence-corrected chi connectivity index (χ2v) is 17.8. The molecule has 0 saturated carbocycles. The largest absolute Gasteiger partial charge is 0.462 e. The fourth-order valence-electron chi connectivity index (χ4n) is 7.49. The molecule has 0 aromatic rings. The Morgan fingerprint density at radius 3 is 1.03 bits per heavy atom. The van der Waals surface area contributed by atoms with Crippen LogP contribution in [0.5, 0.6) is 0 Å². The minimum atomic E-state index is -0.795. The van der Waals surface area contributed by atoms with Crippen molar-refractivity contribution in [2.24, 2.45) is 0 Å². The van der Waals surface area contributed by atoms with Crippen molar-refractivity contribution in [3.63, 3.8) is 0 Å². The molecule has 0 radical (unpaired) electrons. The average molecular weight is 881 g/mol. The Kier molecular flexibility index (Phi) is 49.4. The molecule has 0 rings (SSSR count). The number of ether oxygens (including phenoxy) is 3. The van der Waals surface area contributed by atoms with Crippen molar-refractivity contribution in [3.05, 3.63) is 60.8 Å². The molecule has 0 aliphatic rings. The fraction of sp³-hybridized carbons (Fsp3) is 0.772. The van der Waals surface area contributed by atoms with Gasteiger partial charge in [-0.1, -0.05) is 223 Å². The topological polar surface area (TPSA) is 78.9 Å². The van der Waals surface area contributed by atoms with Crippen LogP contribution in [0.25, 0.3) is 0 Å². The van der Waals surface area contributed by atoms with E-state index in [1.165, 1.54) is 141 Å². The first-order chi connectivity index (χ1) is 31.0. The SMILES string of the molecule is CC/C=C\C/C=C\C/C=C\C/C=C\CCCCC(=O)O[C@H](COC(=O)CCCCCCCCC/C=C\CCCCCC)COC(=O)CCCCCCCCCCCCCCCCC. The van der Waals surface area contributed by atoms with Crippen LogP contribution in [0, 0.1) is 0 Å². The van der Waals surface area contributed by atoms with Crippen LogP contribution < -0.4 is 0 Å². The van der Waals surface area contributed by atoms with Crippen LogP contribution >= 0.6 is 0 Å². The summed E-state index contributed by atoms with van der Waals surface area (Å²) in [6.07, 6.45) is 63.5. The summed E-state index contributed by atoms with van der Waals surface area (Å²) in [5.41, 5.74) is 0. The van der Waals surface area contributed by atoms with Gasteiger partial charge in [-0.3, -0.25) is 14.4 Å². The van der Waals surface area contributed by atoms with Crippen LogP contribution in [-0.4, -0.2) is 37.2 Å². The second kappa shape index (κ2) is 51.7. The van der Waals surface area contributed by atoms with Gasteiger partial charge in [-0.25, -0.2) is 0 Å².